The molecule has 0 saturated heterocycles. The maximum atomic E-state index is 10.8. The summed E-state index contributed by atoms with van der Waals surface area (Å²) in [5.74, 6) is 1.46. The Hall–Kier alpha value is -1.12. The van der Waals surface area contributed by atoms with Crippen molar-refractivity contribution in [2.45, 2.75) is 39.2 Å². The van der Waals surface area contributed by atoms with Gasteiger partial charge in [0.25, 0.3) is 0 Å². The Balaban J connectivity index is 2.58. The molecule has 1 aliphatic rings. The molecular formula is C10H14N2O. The fraction of sp³-hybridized carbons (Fsp3) is 0.600. The number of fused-ring (bicyclic) bond motifs is 1. The molecule has 13 heavy (non-hydrogen) atoms. The first-order valence-electron chi connectivity index (χ1n) is 4.76. The van der Waals surface area contributed by atoms with Crippen LogP contribution in [0.3, 0.4) is 0 Å². The minimum absolute atomic E-state index is 0.482. The second-order valence-corrected chi connectivity index (χ2v) is 3.74. The van der Waals surface area contributed by atoms with E-state index in [1.54, 1.807) is 0 Å². The molecule has 0 aliphatic carbocycles. The zero-order valence-electron chi connectivity index (χ0n) is 8.08. The molecule has 1 aromatic heterocycles. The average Bonchev–Trinajstić information content (AvgIpc) is 2.45. The molecular weight excluding hydrogens is 164 g/mol. The maximum absolute atomic E-state index is 10.8. The van der Waals surface area contributed by atoms with Gasteiger partial charge in [0, 0.05) is 6.54 Å². The molecule has 0 fully saturated rings. The van der Waals surface area contributed by atoms with Crippen LogP contribution in [0.15, 0.2) is 0 Å². The normalized spacial score (nSPS) is 21.2. The van der Waals surface area contributed by atoms with E-state index in [9.17, 15) is 4.79 Å². The van der Waals surface area contributed by atoms with E-state index in [1.165, 1.54) is 12.8 Å². The van der Waals surface area contributed by atoms with E-state index in [-0.39, 0.29) is 0 Å². The third-order valence-corrected chi connectivity index (χ3v) is 2.82. The van der Waals surface area contributed by atoms with E-state index in [0.717, 1.165) is 24.3 Å². The van der Waals surface area contributed by atoms with Crippen molar-refractivity contribution in [2.24, 2.45) is 0 Å². The molecule has 1 aromatic rings. The number of imidazole rings is 1. The van der Waals surface area contributed by atoms with Crippen molar-refractivity contribution < 1.29 is 4.79 Å². The quantitative estimate of drug-likeness (QED) is 0.615. The molecule has 0 bridgehead atoms. The van der Waals surface area contributed by atoms with Crippen molar-refractivity contribution in [3.05, 3.63) is 17.2 Å². The third-order valence-electron chi connectivity index (χ3n) is 2.82. The van der Waals surface area contributed by atoms with Crippen LogP contribution in [0, 0.1) is 6.92 Å². The van der Waals surface area contributed by atoms with Gasteiger partial charge in [-0.2, -0.15) is 0 Å². The summed E-state index contributed by atoms with van der Waals surface area (Å²) in [6, 6.07) is 0. The molecule has 0 N–H and O–H groups in total. The molecule has 0 amide bonds. The summed E-state index contributed by atoms with van der Waals surface area (Å²) in [4.78, 5) is 15.0. The highest BCUT2D eigenvalue weighted by Gasteiger charge is 2.22. The lowest BCUT2D eigenvalue weighted by molar-refractivity contribution is 0.111. The summed E-state index contributed by atoms with van der Waals surface area (Å²) >= 11 is 0. The molecule has 3 heteroatoms. The summed E-state index contributed by atoms with van der Waals surface area (Å²) in [7, 11) is 0. The number of hydrogen-bond acceptors (Lipinski definition) is 2. The van der Waals surface area contributed by atoms with E-state index < -0.39 is 0 Å². The molecule has 70 valence electrons. The van der Waals surface area contributed by atoms with Gasteiger partial charge < -0.3 is 4.57 Å². The Morgan fingerprint density at radius 3 is 3.08 bits per heavy atom. The molecule has 0 aromatic carbocycles. The highest BCUT2D eigenvalue weighted by molar-refractivity contribution is 5.74. The fourth-order valence-corrected chi connectivity index (χ4v) is 2.18. The summed E-state index contributed by atoms with van der Waals surface area (Å²) in [5, 5.41) is 0. The van der Waals surface area contributed by atoms with E-state index in [4.69, 9.17) is 0 Å². The number of carbonyl (C=O) groups excluding carboxylic acids is 1. The minimum Gasteiger partial charge on any atom is -0.331 e. The number of carbonyl (C=O) groups is 1. The van der Waals surface area contributed by atoms with Crippen LogP contribution in [0.2, 0.25) is 0 Å². The van der Waals surface area contributed by atoms with Crippen molar-refractivity contribution in [3.63, 3.8) is 0 Å². The molecule has 2 rings (SSSR count). The number of aromatic nitrogens is 2. The Kier molecular flexibility index (Phi) is 1.94. The summed E-state index contributed by atoms with van der Waals surface area (Å²) < 4.78 is 2.18. The molecule has 3 nitrogen and oxygen atoms in total. The Morgan fingerprint density at radius 1 is 1.62 bits per heavy atom. The van der Waals surface area contributed by atoms with Gasteiger partial charge in [-0.05, 0) is 25.7 Å². The first kappa shape index (κ1) is 8.48. The summed E-state index contributed by atoms with van der Waals surface area (Å²) in [6.07, 6.45) is 3.25. The van der Waals surface area contributed by atoms with Gasteiger partial charge in [0.1, 0.15) is 11.5 Å². The van der Waals surface area contributed by atoms with Gasteiger partial charge in [-0.1, -0.05) is 6.92 Å². The van der Waals surface area contributed by atoms with Gasteiger partial charge in [-0.15, -0.1) is 0 Å². The SMILES string of the molecule is Cc1nc(C=O)c2n1CCCC2C. The van der Waals surface area contributed by atoms with Crippen LogP contribution >= 0.6 is 0 Å². The van der Waals surface area contributed by atoms with Crippen LogP contribution in [0.4, 0.5) is 0 Å². The van der Waals surface area contributed by atoms with Crippen molar-refractivity contribution in [1.29, 1.82) is 0 Å². The van der Waals surface area contributed by atoms with Crippen LogP contribution in [0.25, 0.3) is 0 Å². The minimum atomic E-state index is 0.482. The predicted molar refractivity (Wildman–Crippen MR) is 50.0 cm³/mol. The second-order valence-electron chi connectivity index (χ2n) is 3.74. The van der Waals surface area contributed by atoms with E-state index in [2.05, 4.69) is 16.5 Å². The highest BCUT2D eigenvalue weighted by atomic mass is 16.1. The van der Waals surface area contributed by atoms with Gasteiger partial charge in [0.15, 0.2) is 6.29 Å². The van der Waals surface area contributed by atoms with Crippen molar-refractivity contribution in [2.75, 3.05) is 0 Å². The van der Waals surface area contributed by atoms with Crippen LogP contribution < -0.4 is 0 Å². The van der Waals surface area contributed by atoms with Crippen LogP contribution in [-0.2, 0) is 6.54 Å². The lowest BCUT2D eigenvalue weighted by atomic mass is 9.97. The number of nitrogens with zero attached hydrogens (tertiary/aromatic N) is 2. The topological polar surface area (TPSA) is 34.9 Å². The average molecular weight is 178 g/mol. The Bertz CT molecular complexity index is 341. The Morgan fingerprint density at radius 2 is 2.38 bits per heavy atom. The van der Waals surface area contributed by atoms with E-state index >= 15 is 0 Å². The standard InChI is InChI=1S/C10H14N2O/c1-7-4-3-5-12-8(2)11-9(6-13)10(7)12/h6-7H,3-5H2,1-2H3. The van der Waals surface area contributed by atoms with Gasteiger partial charge in [-0.25, -0.2) is 4.98 Å². The maximum Gasteiger partial charge on any atom is 0.170 e. The Labute approximate surface area is 77.8 Å². The molecule has 0 radical (unpaired) electrons. The van der Waals surface area contributed by atoms with E-state index in [1.807, 2.05) is 6.92 Å². The molecule has 2 heterocycles. The number of aldehydes is 1. The largest absolute Gasteiger partial charge is 0.331 e. The van der Waals surface area contributed by atoms with Crippen LogP contribution in [-0.4, -0.2) is 15.8 Å². The monoisotopic (exact) mass is 178 g/mol. The number of hydrogen-bond donors (Lipinski definition) is 0. The fourth-order valence-electron chi connectivity index (χ4n) is 2.18. The summed E-state index contributed by atoms with van der Waals surface area (Å²) in [6.45, 7) is 5.15. The third kappa shape index (κ3) is 1.19. The van der Waals surface area contributed by atoms with Gasteiger partial charge in [0.2, 0.25) is 0 Å². The van der Waals surface area contributed by atoms with E-state index in [0.29, 0.717) is 11.6 Å². The van der Waals surface area contributed by atoms with Gasteiger partial charge in [-0.3, -0.25) is 4.79 Å². The molecule has 1 unspecified atom stereocenters. The number of rotatable bonds is 1. The lowest BCUT2D eigenvalue weighted by Crippen LogP contribution is -2.15. The zero-order chi connectivity index (χ0) is 9.42. The first-order valence-corrected chi connectivity index (χ1v) is 4.76. The number of aryl methyl sites for hydroxylation is 1. The lowest BCUT2D eigenvalue weighted by Gasteiger charge is -2.21. The van der Waals surface area contributed by atoms with Crippen molar-refractivity contribution >= 4 is 6.29 Å². The molecule has 0 saturated carbocycles. The predicted octanol–water partition coefficient (Wildman–Crippen LogP) is 1.90. The van der Waals surface area contributed by atoms with Crippen molar-refractivity contribution in [1.82, 2.24) is 9.55 Å². The first-order chi connectivity index (χ1) is 6.24. The zero-order valence-corrected chi connectivity index (χ0v) is 8.08. The highest BCUT2D eigenvalue weighted by Crippen LogP contribution is 2.29. The van der Waals surface area contributed by atoms with Crippen LogP contribution in [0.5, 0.6) is 0 Å². The second kappa shape index (κ2) is 2.98. The summed E-state index contributed by atoms with van der Waals surface area (Å²) in [5.41, 5.74) is 1.78. The van der Waals surface area contributed by atoms with Crippen molar-refractivity contribution in [3.8, 4) is 0 Å². The van der Waals surface area contributed by atoms with Crippen LogP contribution in [0.1, 0.15) is 47.7 Å². The van der Waals surface area contributed by atoms with Gasteiger partial charge >= 0.3 is 0 Å². The molecule has 1 atom stereocenters. The molecule has 1 aliphatic heterocycles. The molecule has 0 spiro atoms. The van der Waals surface area contributed by atoms with Gasteiger partial charge in [0.05, 0.1) is 5.69 Å². The smallest absolute Gasteiger partial charge is 0.170 e.